The van der Waals surface area contributed by atoms with Gasteiger partial charge in [0.1, 0.15) is 17.4 Å². The van der Waals surface area contributed by atoms with Crippen LogP contribution in [0.5, 0.6) is 5.75 Å². The number of carbonyl (C=O) groups is 2. The maximum absolute atomic E-state index is 13.0. The zero-order valence-corrected chi connectivity index (χ0v) is 17.0. The number of nitrogens with zero attached hydrogens (tertiary/aromatic N) is 2. The highest BCUT2D eigenvalue weighted by Gasteiger charge is 2.37. The average molecular weight is 398 g/mol. The molecule has 2 amide bonds. The molecule has 7 heteroatoms. The van der Waals surface area contributed by atoms with E-state index in [4.69, 9.17) is 4.74 Å². The first-order chi connectivity index (χ1) is 13.4. The number of nitrogens with one attached hydrogen (secondary N) is 1. The van der Waals surface area contributed by atoms with E-state index in [2.05, 4.69) is 16.9 Å². The fourth-order valence-corrected chi connectivity index (χ4v) is 3.50. The van der Waals surface area contributed by atoms with Gasteiger partial charge in [-0.3, -0.25) is 9.59 Å². The van der Waals surface area contributed by atoms with Crippen LogP contribution >= 0.6 is 11.8 Å². The Bertz CT molecular complexity index is 927. The summed E-state index contributed by atoms with van der Waals surface area (Å²) in [6.45, 7) is 8.10. The van der Waals surface area contributed by atoms with Crippen LogP contribution in [0.1, 0.15) is 24.2 Å². The van der Waals surface area contributed by atoms with E-state index in [1.54, 1.807) is 47.5 Å². The molecular weight excluding hydrogens is 374 g/mol. The quantitative estimate of drug-likeness (QED) is 0.610. The van der Waals surface area contributed by atoms with Crippen molar-refractivity contribution in [1.29, 1.82) is 0 Å². The van der Waals surface area contributed by atoms with Gasteiger partial charge in [0.15, 0.2) is 0 Å². The number of hydrogen-bond acceptors (Lipinski definition) is 5. The molecule has 1 aromatic heterocycles. The van der Waals surface area contributed by atoms with Crippen molar-refractivity contribution in [3.63, 3.8) is 0 Å². The second kappa shape index (κ2) is 8.06. The van der Waals surface area contributed by atoms with Gasteiger partial charge in [-0.25, -0.2) is 4.98 Å². The molecule has 28 heavy (non-hydrogen) atoms. The van der Waals surface area contributed by atoms with E-state index < -0.39 is 5.41 Å². The number of fused-ring (bicyclic) bond motifs is 1. The normalized spacial score (nSPS) is 15.2. The number of aromatic nitrogens is 1. The summed E-state index contributed by atoms with van der Waals surface area (Å²) in [6, 6.07) is 8.75. The van der Waals surface area contributed by atoms with Gasteiger partial charge in [0, 0.05) is 18.4 Å². The van der Waals surface area contributed by atoms with Crippen LogP contribution in [0.25, 0.3) is 0 Å². The first-order valence-corrected chi connectivity index (χ1v) is 10.1. The maximum Gasteiger partial charge on any atom is 0.258 e. The smallest absolute Gasteiger partial charge is 0.258 e. The minimum atomic E-state index is -0.658. The summed E-state index contributed by atoms with van der Waals surface area (Å²) in [5.41, 5.74) is 1.03. The fourth-order valence-electron chi connectivity index (χ4n) is 2.96. The molecule has 6 nitrogen and oxygen atoms in total. The minimum Gasteiger partial charge on any atom is -0.490 e. The van der Waals surface area contributed by atoms with Crippen molar-refractivity contribution in [3.05, 3.63) is 54.7 Å². The second-order valence-corrected chi connectivity index (χ2v) is 7.87. The lowest BCUT2D eigenvalue weighted by atomic mass is 9.93. The summed E-state index contributed by atoms with van der Waals surface area (Å²) in [6.07, 6.45) is 5.21. The minimum absolute atomic E-state index is 0.0495. The Kier molecular flexibility index (Phi) is 5.74. The van der Waals surface area contributed by atoms with Crippen molar-refractivity contribution >= 4 is 35.0 Å². The van der Waals surface area contributed by atoms with Crippen molar-refractivity contribution in [2.75, 3.05) is 29.6 Å². The van der Waals surface area contributed by atoms with Gasteiger partial charge in [0.25, 0.3) is 5.91 Å². The summed E-state index contributed by atoms with van der Waals surface area (Å²) in [5.74, 6) is 0.297. The zero-order valence-electron chi connectivity index (χ0n) is 16.2. The van der Waals surface area contributed by atoms with Gasteiger partial charge in [-0.05, 0) is 50.4 Å². The van der Waals surface area contributed by atoms with Crippen LogP contribution in [-0.2, 0) is 4.79 Å². The summed E-state index contributed by atoms with van der Waals surface area (Å²) < 4.78 is 5.87. The topological polar surface area (TPSA) is 71.5 Å². The lowest BCUT2D eigenvalue weighted by molar-refractivity contribution is -0.127. The van der Waals surface area contributed by atoms with Gasteiger partial charge >= 0.3 is 0 Å². The van der Waals surface area contributed by atoms with Crippen LogP contribution in [0.4, 0.5) is 11.4 Å². The number of amides is 2. The molecule has 0 spiro atoms. The Morgan fingerprint density at radius 2 is 2.21 bits per heavy atom. The van der Waals surface area contributed by atoms with E-state index in [-0.39, 0.29) is 18.4 Å². The average Bonchev–Trinajstić information content (AvgIpc) is 2.78. The number of benzene rings is 1. The predicted molar refractivity (Wildman–Crippen MR) is 112 cm³/mol. The van der Waals surface area contributed by atoms with Gasteiger partial charge in [-0.2, -0.15) is 0 Å². The van der Waals surface area contributed by atoms with Crippen LogP contribution in [0.3, 0.4) is 0 Å². The predicted octanol–water partition coefficient (Wildman–Crippen LogP) is 3.99. The SMILES string of the molecule is C=CCN1C(=O)C(C)(C)COc2ccc(NC(=O)c3cccnc3SC)cc21. The van der Waals surface area contributed by atoms with Gasteiger partial charge in [0.2, 0.25) is 5.91 Å². The van der Waals surface area contributed by atoms with Crippen LogP contribution in [-0.4, -0.2) is 36.2 Å². The zero-order chi connectivity index (χ0) is 20.3. The van der Waals surface area contributed by atoms with Crippen LogP contribution in [0.2, 0.25) is 0 Å². The number of thioether (sulfide) groups is 1. The van der Waals surface area contributed by atoms with Crippen molar-refractivity contribution in [2.24, 2.45) is 5.41 Å². The van der Waals surface area contributed by atoms with Crippen molar-refractivity contribution < 1.29 is 14.3 Å². The highest BCUT2D eigenvalue weighted by molar-refractivity contribution is 7.98. The molecule has 1 aromatic carbocycles. The van der Waals surface area contributed by atoms with Crippen LogP contribution in [0.15, 0.2) is 54.2 Å². The number of carbonyl (C=O) groups excluding carboxylic acids is 2. The molecule has 0 bridgehead atoms. The molecular formula is C21H23N3O3S. The highest BCUT2D eigenvalue weighted by atomic mass is 32.2. The van der Waals surface area contributed by atoms with Gasteiger partial charge in [-0.1, -0.05) is 6.08 Å². The molecule has 0 radical (unpaired) electrons. The van der Waals surface area contributed by atoms with Crippen molar-refractivity contribution in [3.8, 4) is 5.75 Å². The number of rotatable bonds is 5. The Balaban J connectivity index is 1.94. The molecule has 146 valence electrons. The molecule has 2 heterocycles. The molecule has 0 saturated heterocycles. The lowest BCUT2D eigenvalue weighted by Crippen LogP contribution is -2.42. The maximum atomic E-state index is 13.0. The largest absolute Gasteiger partial charge is 0.490 e. The Labute approximate surface area is 169 Å². The molecule has 1 N–H and O–H groups in total. The van der Waals surface area contributed by atoms with Crippen LogP contribution in [0, 0.1) is 5.41 Å². The molecule has 3 rings (SSSR count). The summed E-state index contributed by atoms with van der Waals surface area (Å²) in [5, 5.41) is 3.55. The van der Waals surface area contributed by atoms with E-state index >= 15 is 0 Å². The third kappa shape index (κ3) is 3.89. The molecule has 0 saturated carbocycles. The van der Waals surface area contributed by atoms with E-state index in [0.717, 1.165) is 0 Å². The van der Waals surface area contributed by atoms with Crippen LogP contribution < -0.4 is 15.0 Å². The van der Waals surface area contributed by atoms with Crippen molar-refractivity contribution in [1.82, 2.24) is 4.98 Å². The number of anilines is 2. The summed E-state index contributed by atoms with van der Waals surface area (Å²) >= 11 is 1.41. The van der Waals surface area contributed by atoms with Gasteiger partial charge in [-0.15, -0.1) is 18.3 Å². The Hall–Kier alpha value is -2.80. The molecule has 0 unspecified atom stereocenters. The first kappa shape index (κ1) is 19.9. The van der Waals surface area contributed by atoms with E-state index in [1.165, 1.54) is 11.8 Å². The summed E-state index contributed by atoms with van der Waals surface area (Å²) in [7, 11) is 0. The highest BCUT2D eigenvalue weighted by Crippen LogP contribution is 2.38. The summed E-state index contributed by atoms with van der Waals surface area (Å²) in [4.78, 5) is 31.5. The number of hydrogen-bond donors (Lipinski definition) is 1. The molecule has 2 aromatic rings. The molecule has 0 aliphatic carbocycles. The third-order valence-corrected chi connectivity index (χ3v) is 5.15. The van der Waals surface area contributed by atoms with E-state index in [9.17, 15) is 9.59 Å². The second-order valence-electron chi connectivity index (χ2n) is 7.07. The monoisotopic (exact) mass is 397 g/mol. The molecule has 0 atom stereocenters. The molecule has 1 aliphatic heterocycles. The molecule has 0 fully saturated rings. The fraction of sp³-hybridized carbons (Fsp3) is 0.286. The Morgan fingerprint density at radius 1 is 1.43 bits per heavy atom. The van der Waals surface area contributed by atoms with Crippen molar-refractivity contribution in [2.45, 2.75) is 18.9 Å². The number of pyridine rings is 1. The lowest BCUT2D eigenvalue weighted by Gasteiger charge is -2.27. The van der Waals surface area contributed by atoms with E-state index in [0.29, 0.717) is 34.3 Å². The molecule has 1 aliphatic rings. The van der Waals surface area contributed by atoms with E-state index in [1.807, 2.05) is 20.1 Å². The number of ether oxygens (including phenoxy) is 1. The third-order valence-electron chi connectivity index (χ3n) is 4.44. The standard InChI is InChI=1S/C21H23N3O3S/c1-5-11-24-16-12-14(8-9-17(16)27-13-21(2,3)20(24)26)23-18(25)15-7-6-10-22-19(15)28-4/h5-10,12H,1,11,13H2,2-4H3,(H,23,25). The van der Waals surface area contributed by atoms with Gasteiger partial charge in [0.05, 0.1) is 16.7 Å². The Morgan fingerprint density at radius 3 is 2.93 bits per heavy atom. The van der Waals surface area contributed by atoms with Gasteiger partial charge < -0.3 is 15.0 Å². The first-order valence-electron chi connectivity index (χ1n) is 8.87.